The van der Waals surface area contributed by atoms with Crippen molar-refractivity contribution in [1.29, 1.82) is 5.26 Å². The van der Waals surface area contributed by atoms with Crippen molar-refractivity contribution in [3.05, 3.63) is 106 Å². The number of hydrogen-bond acceptors (Lipinski definition) is 4. The summed E-state index contributed by atoms with van der Waals surface area (Å²) in [6, 6.07) is 23.6. The first-order valence-corrected chi connectivity index (χ1v) is 9.92. The van der Waals surface area contributed by atoms with Crippen molar-refractivity contribution >= 4 is 34.1 Å². The maximum Gasteiger partial charge on any atom is 0.261 e. The van der Waals surface area contributed by atoms with E-state index in [9.17, 15) is 14.9 Å². The summed E-state index contributed by atoms with van der Waals surface area (Å²) >= 11 is 6.42. The second kappa shape index (κ2) is 8.82. The number of para-hydroxylation sites is 1. The number of halogens is 1. The van der Waals surface area contributed by atoms with Crippen LogP contribution in [0.25, 0.3) is 10.9 Å². The molecular weight excluding hydrogens is 412 g/mol. The van der Waals surface area contributed by atoms with Gasteiger partial charge in [-0.25, -0.2) is 4.98 Å². The van der Waals surface area contributed by atoms with Gasteiger partial charge in [0.2, 0.25) is 5.91 Å². The van der Waals surface area contributed by atoms with Gasteiger partial charge in [0.05, 0.1) is 29.2 Å². The number of rotatable bonds is 5. The molecule has 152 valence electrons. The zero-order valence-corrected chi connectivity index (χ0v) is 17.1. The fourth-order valence-corrected chi connectivity index (χ4v) is 3.67. The van der Waals surface area contributed by atoms with Crippen molar-refractivity contribution in [2.24, 2.45) is 0 Å². The summed E-state index contributed by atoms with van der Waals surface area (Å²) in [5, 5.41) is 13.2. The fraction of sp³-hybridized carbons (Fsp3) is 0.0833. The van der Waals surface area contributed by atoms with Crippen LogP contribution in [-0.4, -0.2) is 15.5 Å². The van der Waals surface area contributed by atoms with E-state index in [1.54, 1.807) is 42.5 Å². The molecule has 0 spiro atoms. The lowest BCUT2D eigenvalue weighted by atomic mass is 9.92. The number of nitriles is 1. The van der Waals surface area contributed by atoms with Gasteiger partial charge in [0.25, 0.3) is 5.56 Å². The third-order valence-electron chi connectivity index (χ3n) is 4.90. The molecule has 1 amide bonds. The molecule has 0 radical (unpaired) electrons. The Morgan fingerprint density at radius 2 is 1.84 bits per heavy atom. The standard InChI is InChI=1S/C24H17ClN4O2/c25-21-12-17(10-11-18(21)20(13-26)16-6-2-1-3-7-16)28-23(30)14-29-15-27-22-9-5-4-8-19(22)24(29)31/h1-12,15,20H,14H2,(H,28,30). The van der Waals surface area contributed by atoms with Crippen LogP contribution in [0.5, 0.6) is 0 Å². The van der Waals surface area contributed by atoms with Crippen molar-refractivity contribution in [2.45, 2.75) is 12.5 Å². The van der Waals surface area contributed by atoms with Crippen LogP contribution in [0.3, 0.4) is 0 Å². The minimum atomic E-state index is -0.513. The van der Waals surface area contributed by atoms with E-state index in [4.69, 9.17) is 11.6 Å². The molecule has 1 unspecified atom stereocenters. The summed E-state index contributed by atoms with van der Waals surface area (Å²) in [6.07, 6.45) is 1.36. The van der Waals surface area contributed by atoms with Crippen LogP contribution >= 0.6 is 11.6 Å². The Balaban J connectivity index is 1.52. The van der Waals surface area contributed by atoms with Crippen molar-refractivity contribution in [2.75, 3.05) is 5.32 Å². The number of nitrogens with zero attached hydrogens (tertiary/aromatic N) is 3. The highest BCUT2D eigenvalue weighted by molar-refractivity contribution is 6.31. The lowest BCUT2D eigenvalue weighted by molar-refractivity contribution is -0.116. The molecule has 1 heterocycles. The fourth-order valence-electron chi connectivity index (χ4n) is 3.38. The number of amides is 1. The third-order valence-corrected chi connectivity index (χ3v) is 5.23. The van der Waals surface area contributed by atoms with E-state index in [1.807, 2.05) is 30.3 Å². The zero-order chi connectivity index (χ0) is 21.8. The monoisotopic (exact) mass is 428 g/mol. The van der Waals surface area contributed by atoms with E-state index < -0.39 is 5.92 Å². The van der Waals surface area contributed by atoms with E-state index in [0.29, 0.717) is 27.2 Å². The van der Waals surface area contributed by atoms with Crippen LogP contribution in [-0.2, 0) is 11.3 Å². The minimum Gasteiger partial charge on any atom is -0.324 e. The average molecular weight is 429 g/mol. The van der Waals surface area contributed by atoms with Gasteiger partial charge in [-0.2, -0.15) is 5.26 Å². The Morgan fingerprint density at radius 3 is 2.58 bits per heavy atom. The van der Waals surface area contributed by atoms with Crippen LogP contribution in [0, 0.1) is 11.3 Å². The Morgan fingerprint density at radius 1 is 1.10 bits per heavy atom. The van der Waals surface area contributed by atoms with Crippen LogP contribution in [0.1, 0.15) is 17.0 Å². The molecule has 3 aromatic carbocycles. The van der Waals surface area contributed by atoms with E-state index >= 15 is 0 Å². The number of benzene rings is 3. The van der Waals surface area contributed by atoms with Crippen LogP contribution < -0.4 is 10.9 Å². The molecule has 0 fully saturated rings. The Kier molecular flexibility index (Phi) is 5.78. The Bertz CT molecular complexity index is 1360. The van der Waals surface area contributed by atoms with E-state index in [1.165, 1.54) is 10.9 Å². The van der Waals surface area contributed by atoms with Gasteiger partial charge < -0.3 is 5.32 Å². The first-order chi connectivity index (χ1) is 15.1. The minimum absolute atomic E-state index is 0.180. The van der Waals surface area contributed by atoms with Gasteiger partial charge in [-0.15, -0.1) is 0 Å². The predicted molar refractivity (Wildman–Crippen MR) is 120 cm³/mol. The average Bonchev–Trinajstić information content (AvgIpc) is 2.78. The predicted octanol–water partition coefficient (Wildman–Crippen LogP) is 4.34. The largest absolute Gasteiger partial charge is 0.324 e. The highest BCUT2D eigenvalue weighted by Crippen LogP contribution is 2.31. The molecule has 4 rings (SSSR count). The zero-order valence-electron chi connectivity index (χ0n) is 16.3. The molecule has 0 bridgehead atoms. The summed E-state index contributed by atoms with van der Waals surface area (Å²) < 4.78 is 1.26. The molecule has 0 saturated carbocycles. The van der Waals surface area contributed by atoms with Gasteiger partial charge in [0.15, 0.2) is 0 Å². The van der Waals surface area contributed by atoms with Crippen molar-refractivity contribution in [3.63, 3.8) is 0 Å². The maximum atomic E-state index is 12.5. The van der Waals surface area contributed by atoms with Crippen molar-refractivity contribution < 1.29 is 4.79 Å². The summed E-state index contributed by atoms with van der Waals surface area (Å²) in [5.41, 5.74) is 2.27. The Hall–Kier alpha value is -3.95. The van der Waals surface area contributed by atoms with Crippen molar-refractivity contribution in [1.82, 2.24) is 9.55 Å². The topological polar surface area (TPSA) is 87.8 Å². The van der Waals surface area contributed by atoms with Gasteiger partial charge >= 0.3 is 0 Å². The number of carbonyl (C=O) groups is 1. The molecule has 0 aliphatic rings. The number of aromatic nitrogens is 2. The number of carbonyl (C=O) groups excluding carboxylic acids is 1. The quantitative estimate of drug-likeness (QED) is 0.512. The normalized spacial score (nSPS) is 11.6. The summed E-state index contributed by atoms with van der Waals surface area (Å²) in [6.45, 7) is -0.180. The maximum absolute atomic E-state index is 12.5. The molecular formula is C24H17ClN4O2. The lowest BCUT2D eigenvalue weighted by Crippen LogP contribution is -2.27. The molecule has 0 saturated heterocycles. The third kappa shape index (κ3) is 4.32. The highest BCUT2D eigenvalue weighted by Gasteiger charge is 2.17. The van der Waals surface area contributed by atoms with Gasteiger partial charge in [-0.3, -0.25) is 14.2 Å². The Labute approximate surface area is 183 Å². The first-order valence-electron chi connectivity index (χ1n) is 9.55. The second-order valence-corrected chi connectivity index (χ2v) is 7.36. The molecule has 0 aliphatic carbocycles. The van der Waals surface area contributed by atoms with Crippen LogP contribution in [0.4, 0.5) is 5.69 Å². The molecule has 31 heavy (non-hydrogen) atoms. The SMILES string of the molecule is N#CC(c1ccccc1)c1ccc(NC(=O)Cn2cnc3ccccc3c2=O)cc1Cl. The smallest absolute Gasteiger partial charge is 0.261 e. The second-order valence-electron chi connectivity index (χ2n) is 6.95. The van der Waals surface area contributed by atoms with Gasteiger partial charge in [0, 0.05) is 10.7 Å². The van der Waals surface area contributed by atoms with Gasteiger partial charge in [-0.1, -0.05) is 60.1 Å². The van der Waals surface area contributed by atoms with Gasteiger partial charge in [0.1, 0.15) is 6.54 Å². The molecule has 7 heteroatoms. The molecule has 1 aromatic heterocycles. The van der Waals surface area contributed by atoms with E-state index in [-0.39, 0.29) is 18.0 Å². The van der Waals surface area contributed by atoms with Crippen LogP contribution in [0.2, 0.25) is 5.02 Å². The molecule has 4 aromatic rings. The van der Waals surface area contributed by atoms with E-state index in [2.05, 4.69) is 16.4 Å². The number of hydrogen-bond donors (Lipinski definition) is 1. The van der Waals surface area contributed by atoms with Gasteiger partial charge in [-0.05, 0) is 35.4 Å². The number of fused-ring (bicyclic) bond motifs is 1. The summed E-state index contributed by atoms with van der Waals surface area (Å²) in [5.74, 6) is -0.899. The summed E-state index contributed by atoms with van der Waals surface area (Å²) in [7, 11) is 0. The number of nitrogens with one attached hydrogen (secondary N) is 1. The lowest BCUT2D eigenvalue weighted by Gasteiger charge is -2.14. The molecule has 1 N–H and O–H groups in total. The molecule has 6 nitrogen and oxygen atoms in total. The summed E-state index contributed by atoms with van der Waals surface area (Å²) in [4.78, 5) is 29.2. The van der Waals surface area contributed by atoms with E-state index in [0.717, 1.165) is 5.56 Å². The molecule has 0 aliphatic heterocycles. The molecule has 1 atom stereocenters. The van der Waals surface area contributed by atoms with Crippen molar-refractivity contribution in [3.8, 4) is 6.07 Å². The number of anilines is 1. The highest BCUT2D eigenvalue weighted by atomic mass is 35.5. The first kappa shape index (κ1) is 20.3. The van der Waals surface area contributed by atoms with Crippen LogP contribution in [0.15, 0.2) is 83.9 Å².